The van der Waals surface area contributed by atoms with E-state index in [0.29, 0.717) is 23.0 Å². The molecule has 1 aromatic heterocycles. The molecule has 0 radical (unpaired) electrons. The number of nitrogens with zero attached hydrogens (tertiary/aromatic N) is 3. The van der Waals surface area contributed by atoms with Gasteiger partial charge in [-0.05, 0) is 65.4 Å². The van der Waals surface area contributed by atoms with Crippen LogP contribution in [0.15, 0.2) is 48.8 Å². The first kappa shape index (κ1) is 24.0. The van der Waals surface area contributed by atoms with Gasteiger partial charge in [-0.15, -0.1) is 0 Å². The van der Waals surface area contributed by atoms with Gasteiger partial charge in [0, 0.05) is 42.2 Å². The number of likely N-dealkylation sites (N-methyl/N-ethyl adjacent to an activating group) is 1. The fraction of sp³-hybridized carbons (Fsp3) is 0.300. The Labute approximate surface area is 221 Å². The number of carbonyl (C=O) groups excluding carboxylic acids is 1. The third kappa shape index (κ3) is 3.88. The van der Waals surface area contributed by atoms with Gasteiger partial charge in [0.15, 0.2) is 11.5 Å². The number of benzene rings is 3. The standard InChI is InChI=1S/C30H29N3O5/c1-33(21-8-9-22-17(11-21)6-5-7-24(22)35-2)30-31-14-20(15-32-30)27-23-13-26(37-4)25(36-3)12-18(23)10-19-16-38-29(34)28(19)27/h5-7,10,12-15,21H,8-9,11,16H2,1-4H3. The largest absolute Gasteiger partial charge is 0.496 e. The molecule has 2 aliphatic rings. The summed E-state index contributed by atoms with van der Waals surface area (Å²) in [4.78, 5) is 24.4. The maximum Gasteiger partial charge on any atom is 0.339 e. The monoisotopic (exact) mass is 511 g/mol. The van der Waals surface area contributed by atoms with Crippen molar-refractivity contribution in [2.45, 2.75) is 31.9 Å². The van der Waals surface area contributed by atoms with Crippen LogP contribution >= 0.6 is 0 Å². The highest BCUT2D eigenvalue weighted by molar-refractivity contribution is 6.11. The molecule has 0 N–H and O–H groups in total. The molecule has 1 atom stereocenters. The van der Waals surface area contributed by atoms with Crippen LogP contribution in [0.3, 0.4) is 0 Å². The second-order valence-corrected chi connectivity index (χ2v) is 9.67. The molecule has 0 spiro atoms. The maximum atomic E-state index is 12.8. The molecule has 38 heavy (non-hydrogen) atoms. The summed E-state index contributed by atoms with van der Waals surface area (Å²) < 4.78 is 22.0. The lowest BCUT2D eigenvalue weighted by molar-refractivity contribution is 0.0535. The minimum absolute atomic E-state index is 0.237. The summed E-state index contributed by atoms with van der Waals surface area (Å²) in [5.74, 6) is 2.46. The summed E-state index contributed by atoms with van der Waals surface area (Å²) in [6.07, 6.45) is 6.41. The van der Waals surface area contributed by atoms with E-state index in [4.69, 9.17) is 28.9 Å². The van der Waals surface area contributed by atoms with E-state index in [0.717, 1.165) is 52.5 Å². The second kappa shape index (κ2) is 9.52. The van der Waals surface area contributed by atoms with Gasteiger partial charge in [-0.2, -0.15) is 0 Å². The van der Waals surface area contributed by atoms with Crippen LogP contribution in [0.2, 0.25) is 0 Å². The van der Waals surface area contributed by atoms with Gasteiger partial charge in [0.25, 0.3) is 0 Å². The lowest BCUT2D eigenvalue weighted by atomic mass is 9.87. The van der Waals surface area contributed by atoms with Crippen molar-refractivity contribution in [2.75, 3.05) is 33.3 Å². The molecule has 0 saturated carbocycles. The van der Waals surface area contributed by atoms with Crippen molar-refractivity contribution in [1.82, 2.24) is 9.97 Å². The van der Waals surface area contributed by atoms with Crippen molar-refractivity contribution >= 4 is 22.7 Å². The predicted octanol–water partition coefficient (Wildman–Crippen LogP) is 4.99. The molecular formula is C30H29N3O5. The van der Waals surface area contributed by atoms with Gasteiger partial charge in [-0.3, -0.25) is 0 Å². The van der Waals surface area contributed by atoms with Crippen LogP contribution in [-0.2, 0) is 24.2 Å². The molecule has 1 aliphatic heterocycles. The van der Waals surface area contributed by atoms with Crippen LogP contribution in [0.4, 0.5) is 5.95 Å². The summed E-state index contributed by atoms with van der Waals surface area (Å²) in [6.45, 7) is 0.237. The molecule has 6 rings (SSSR count). The normalized spacial score (nSPS) is 16.0. The average molecular weight is 512 g/mol. The molecule has 0 amide bonds. The molecule has 8 heteroatoms. The lowest BCUT2D eigenvalue weighted by Gasteiger charge is -2.33. The number of methoxy groups -OCH3 is 3. The minimum atomic E-state index is -0.343. The van der Waals surface area contributed by atoms with Gasteiger partial charge in [0.05, 0.1) is 26.9 Å². The Kier molecular flexibility index (Phi) is 6.02. The molecule has 3 aromatic carbocycles. The van der Waals surface area contributed by atoms with Gasteiger partial charge >= 0.3 is 5.97 Å². The van der Waals surface area contributed by atoms with Crippen molar-refractivity contribution in [3.8, 4) is 28.4 Å². The third-order valence-corrected chi connectivity index (χ3v) is 7.71. The van der Waals surface area contributed by atoms with Gasteiger partial charge in [0.1, 0.15) is 12.4 Å². The van der Waals surface area contributed by atoms with Crippen LogP contribution in [-0.4, -0.2) is 50.4 Å². The summed E-state index contributed by atoms with van der Waals surface area (Å²) >= 11 is 0. The Morgan fingerprint density at radius 3 is 2.39 bits per heavy atom. The first-order chi connectivity index (χ1) is 18.5. The van der Waals surface area contributed by atoms with Crippen LogP contribution in [0.1, 0.15) is 33.5 Å². The van der Waals surface area contributed by atoms with Gasteiger partial charge in [0.2, 0.25) is 5.95 Å². The first-order valence-corrected chi connectivity index (χ1v) is 12.6. The zero-order valence-electron chi connectivity index (χ0n) is 21.9. The lowest BCUT2D eigenvalue weighted by Crippen LogP contribution is -2.37. The number of anilines is 1. The number of rotatable bonds is 6. The molecule has 2 heterocycles. The quantitative estimate of drug-likeness (QED) is 0.335. The fourth-order valence-corrected chi connectivity index (χ4v) is 5.72. The van der Waals surface area contributed by atoms with Crippen molar-refractivity contribution < 1.29 is 23.7 Å². The first-order valence-electron chi connectivity index (χ1n) is 12.6. The molecule has 194 valence electrons. The van der Waals surface area contributed by atoms with Crippen LogP contribution < -0.4 is 19.1 Å². The Balaban J connectivity index is 1.37. The average Bonchev–Trinajstić information content (AvgIpc) is 3.33. The van der Waals surface area contributed by atoms with Gasteiger partial charge in [-0.25, -0.2) is 14.8 Å². The SMILES string of the molecule is COc1cc2cc3c(c(-c4cnc(N(C)C5CCc6c(cccc6OC)C5)nc4)c2cc1OC)C(=O)OC3. The van der Waals surface area contributed by atoms with E-state index in [1.54, 1.807) is 33.7 Å². The molecule has 0 saturated heterocycles. The van der Waals surface area contributed by atoms with Gasteiger partial charge in [-0.1, -0.05) is 12.1 Å². The number of carbonyl (C=O) groups is 1. The Hall–Kier alpha value is -4.33. The Morgan fingerprint density at radius 2 is 1.66 bits per heavy atom. The number of hydrogen-bond acceptors (Lipinski definition) is 8. The van der Waals surface area contributed by atoms with E-state index in [2.05, 4.69) is 11.0 Å². The van der Waals surface area contributed by atoms with E-state index in [1.807, 2.05) is 37.4 Å². The highest BCUT2D eigenvalue weighted by atomic mass is 16.5. The Morgan fingerprint density at radius 1 is 0.921 bits per heavy atom. The summed E-state index contributed by atoms with van der Waals surface area (Å²) in [7, 11) is 6.96. The highest BCUT2D eigenvalue weighted by Crippen LogP contribution is 2.42. The topological polar surface area (TPSA) is 83.0 Å². The van der Waals surface area contributed by atoms with Crippen LogP contribution in [0.5, 0.6) is 17.2 Å². The van der Waals surface area contributed by atoms with E-state index in [1.165, 1.54) is 11.1 Å². The number of aromatic nitrogens is 2. The van der Waals surface area contributed by atoms with Crippen LogP contribution in [0.25, 0.3) is 21.9 Å². The Bertz CT molecular complexity index is 1550. The zero-order valence-corrected chi connectivity index (χ0v) is 21.9. The summed E-state index contributed by atoms with van der Waals surface area (Å²) in [5.41, 5.74) is 5.47. The number of cyclic esters (lactones) is 1. The zero-order chi connectivity index (χ0) is 26.4. The summed E-state index contributed by atoms with van der Waals surface area (Å²) in [5, 5.41) is 1.77. The molecule has 0 fully saturated rings. The highest BCUT2D eigenvalue weighted by Gasteiger charge is 2.29. The van der Waals surface area contributed by atoms with E-state index in [9.17, 15) is 4.79 Å². The number of ether oxygens (including phenoxy) is 4. The summed E-state index contributed by atoms with van der Waals surface area (Å²) in [6, 6.07) is 12.3. The molecule has 1 unspecified atom stereocenters. The van der Waals surface area contributed by atoms with Gasteiger partial charge < -0.3 is 23.8 Å². The van der Waals surface area contributed by atoms with Crippen LogP contribution in [0, 0.1) is 0 Å². The number of fused-ring (bicyclic) bond motifs is 3. The van der Waals surface area contributed by atoms with Crippen molar-refractivity contribution in [3.63, 3.8) is 0 Å². The molecule has 0 bridgehead atoms. The minimum Gasteiger partial charge on any atom is -0.496 e. The fourth-order valence-electron chi connectivity index (χ4n) is 5.72. The third-order valence-electron chi connectivity index (χ3n) is 7.71. The van der Waals surface area contributed by atoms with Crippen molar-refractivity contribution in [1.29, 1.82) is 0 Å². The van der Waals surface area contributed by atoms with Crippen molar-refractivity contribution in [3.05, 3.63) is 71.0 Å². The number of hydrogen-bond donors (Lipinski definition) is 0. The van der Waals surface area contributed by atoms with E-state index >= 15 is 0 Å². The van der Waals surface area contributed by atoms with E-state index < -0.39 is 0 Å². The van der Waals surface area contributed by atoms with Crippen molar-refractivity contribution in [2.24, 2.45) is 0 Å². The molecule has 8 nitrogen and oxygen atoms in total. The van der Waals surface area contributed by atoms with E-state index in [-0.39, 0.29) is 18.6 Å². The second-order valence-electron chi connectivity index (χ2n) is 9.67. The molecule has 1 aliphatic carbocycles. The smallest absolute Gasteiger partial charge is 0.339 e. The predicted molar refractivity (Wildman–Crippen MR) is 144 cm³/mol. The maximum absolute atomic E-state index is 12.8. The number of esters is 1. The molecular weight excluding hydrogens is 482 g/mol. The molecule has 4 aromatic rings.